The van der Waals surface area contributed by atoms with Crippen molar-refractivity contribution in [1.82, 2.24) is 25.7 Å². The highest BCUT2D eigenvalue weighted by Crippen LogP contribution is 2.22. The standard InChI is InChI=1S/C17H19N5OS/c1-11(2)8-13-9-14(20-19-13)16(23)18-10-15-21-22-17(24-15)12-6-4-3-5-7-12/h3-7,9,11H,8,10H2,1-2H3,(H,18,23)(H,19,20). The van der Waals surface area contributed by atoms with Gasteiger partial charge in [-0.1, -0.05) is 55.5 Å². The van der Waals surface area contributed by atoms with Crippen LogP contribution >= 0.6 is 11.3 Å². The zero-order valence-electron chi connectivity index (χ0n) is 13.6. The molecule has 24 heavy (non-hydrogen) atoms. The minimum absolute atomic E-state index is 0.186. The molecular formula is C17H19N5OS. The molecule has 2 N–H and O–H groups in total. The van der Waals surface area contributed by atoms with Gasteiger partial charge in [-0.25, -0.2) is 0 Å². The highest BCUT2D eigenvalue weighted by molar-refractivity contribution is 7.14. The molecule has 0 spiro atoms. The van der Waals surface area contributed by atoms with E-state index in [0.717, 1.165) is 27.7 Å². The largest absolute Gasteiger partial charge is 0.344 e. The van der Waals surface area contributed by atoms with Gasteiger partial charge < -0.3 is 5.32 Å². The molecule has 3 aromatic rings. The number of rotatable bonds is 6. The highest BCUT2D eigenvalue weighted by Gasteiger charge is 2.12. The number of amides is 1. The normalized spacial score (nSPS) is 11.0. The summed E-state index contributed by atoms with van der Waals surface area (Å²) in [6.45, 7) is 4.59. The van der Waals surface area contributed by atoms with E-state index in [0.29, 0.717) is 18.2 Å². The maximum Gasteiger partial charge on any atom is 0.269 e. The average Bonchev–Trinajstić information content (AvgIpc) is 3.22. The van der Waals surface area contributed by atoms with Crippen molar-refractivity contribution in [3.63, 3.8) is 0 Å². The molecule has 1 amide bonds. The maximum absolute atomic E-state index is 12.2. The van der Waals surface area contributed by atoms with Crippen LogP contribution in [0.25, 0.3) is 10.6 Å². The number of H-pyrrole nitrogens is 1. The van der Waals surface area contributed by atoms with Crippen LogP contribution in [0.3, 0.4) is 0 Å². The number of carbonyl (C=O) groups is 1. The molecule has 1 aromatic carbocycles. The van der Waals surface area contributed by atoms with Crippen LogP contribution in [0.4, 0.5) is 0 Å². The van der Waals surface area contributed by atoms with Crippen molar-refractivity contribution in [1.29, 1.82) is 0 Å². The Morgan fingerprint density at radius 3 is 2.79 bits per heavy atom. The van der Waals surface area contributed by atoms with Crippen molar-refractivity contribution >= 4 is 17.2 Å². The smallest absolute Gasteiger partial charge is 0.269 e. The van der Waals surface area contributed by atoms with Gasteiger partial charge in [0.05, 0.1) is 12.2 Å². The van der Waals surface area contributed by atoms with Crippen LogP contribution in [0.5, 0.6) is 0 Å². The van der Waals surface area contributed by atoms with E-state index in [1.165, 1.54) is 11.3 Å². The molecule has 7 heteroatoms. The van der Waals surface area contributed by atoms with Gasteiger partial charge in [0.15, 0.2) is 0 Å². The summed E-state index contributed by atoms with van der Waals surface area (Å²) in [7, 11) is 0. The lowest BCUT2D eigenvalue weighted by atomic mass is 10.1. The Hall–Kier alpha value is -2.54. The van der Waals surface area contributed by atoms with E-state index in [1.54, 1.807) is 6.07 Å². The molecule has 0 saturated heterocycles. The van der Waals surface area contributed by atoms with E-state index >= 15 is 0 Å². The summed E-state index contributed by atoms with van der Waals surface area (Å²) in [4.78, 5) is 12.2. The maximum atomic E-state index is 12.2. The summed E-state index contributed by atoms with van der Waals surface area (Å²) >= 11 is 1.47. The molecule has 0 radical (unpaired) electrons. The van der Waals surface area contributed by atoms with E-state index in [4.69, 9.17) is 0 Å². The Morgan fingerprint density at radius 2 is 2.04 bits per heavy atom. The summed E-state index contributed by atoms with van der Waals surface area (Å²) in [5, 5.41) is 19.7. The Kier molecular flexibility index (Phi) is 5.00. The fourth-order valence-electron chi connectivity index (χ4n) is 2.28. The van der Waals surface area contributed by atoms with E-state index in [-0.39, 0.29) is 5.91 Å². The third kappa shape index (κ3) is 4.05. The first-order valence-corrected chi connectivity index (χ1v) is 8.63. The van der Waals surface area contributed by atoms with Crippen molar-refractivity contribution in [2.24, 2.45) is 5.92 Å². The topological polar surface area (TPSA) is 83.6 Å². The molecular weight excluding hydrogens is 322 g/mol. The first-order valence-electron chi connectivity index (χ1n) is 7.82. The van der Waals surface area contributed by atoms with E-state index in [9.17, 15) is 4.79 Å². The van der Waals surface area contributed by atoms with Crippen molar-refractivity contribution in [3.8, 4) is 10.6 Å². The molecule has 0 bridgehead atoms. The summed E-state index contributed by atoms with van der Waals surface area (Å²) in [5.41, 5.74) is 2.40. The van der Waals surface area contributed by atoms with Crippen LogP contribution in [0.2, 0.25) is 0 Å². The molecule has 124 valence electrons. The number of benzene rings is 1. The van der Waals surface area contributed by atoms with Gasteiger partial charge in [-0.3, -0.25) is 9.89 Å². The highest BCUT2D eigenvalue weighted by atomic mass is 32.1. The number of nitrogens with zero attached hydrogens (tertiary/aromatic N) is 3. The zero-order chi connectivity index (χ0) is 16.9. The predicted octanol–water partition coefficient (Wildman–Crippen LogP) is 3.06. The fourth-order valence-corrected chi connectivity index (χ4v) is 3.06. The van der Waals surface area contributed by atoms with Gasteiger partial charge >= 0.3 is 0 Å². The first-order chi connectivity index (χ1) is 11.6. The number of aromatic amines is 1. The lowest BCUT2D eigenvalue weighted by molar-refractivity contribution is 0.0946. The van der Waals surface area contributed by atoms with Gasteiger partial charge in [-0.05, 0) is 18.4 Å². The number of nitrogens with one attached hydrogen (secondary N) is 2. The molecule has 2 heterocycles. The molecule has 0 aliphatic heterocycles. The molecule has 6 nitrogen and oxygen atoms in total. The minimum atomic E-state index is -0.186. The number of hydrogen-bond donors (Lipinski definition) is 2. The summed E-state index contributed by atoms with van der Waals surface area (Å²) in [6, 6.07) is 11.7. The van der Waals surface area contributed by atoms with E-state index in [1.807, 2.05) is 30.3 Å². The van der Waals surface area contributed by atoms with E-state index < -0.39 is 0 Å². The SMILES string of the molecule is CC(C)Cc1cc(C(=O)NCc2nnc(-c3ccccc3)s2)[nH]n1. The minimum Gasteiger partial charge on any atom is -0.344 e. The van der Waals surface area contributed by atoms with Crippen LogP contribution in [0.15, 0.2) is 36.4 Å². The van der Waals surface area contributed by atoms with Crippen LogP contribution < -0.4 is 5.32 Å². The lowest BCUT2D eigenvalue weighted by Gasteiger charge is -1.99. The Bertz CT molecular complexity index is 809. The number of carbonyl (C=O) groups excluding carboxylic acids is 1. The Balaban J connectivity index is 1.59. The molecule has 2 aromatic heterocycles. The number of aromatic nitrogens is 4. The molecule has 0 saturated carbocycles. The molecule has 0 aliphatic rings. The second-order valence-corrected chi connectivity index (χ2v) is 6.98. The second kappa shape index (κ2) is 7.35. The monoisotopic (exact) mass is 341 g/mol. The van der Waals surface area contributed by atoms with Gasteiger partial charge in [0.25, 0.3) is 5.91 Å². The van der Waals surface area contributed by atoms with Crippen molar-refractivity contribution in [2.45, 2.75) is 26.8 Å². The molecule has 0 fully saturated rings. The van der Waals surface area contributed by atoms with Gasteiger partial charge in [0.2, 0.25) is 0 Å². The zero-order valence-corrected chi connectivity index (χ0v) is 14.4. The van der Waals surface area contributed by atoms with Gasteiger partial charge in [0.1, 0.15) is 15.7 Å². The van der Waals surface area contributed by atoms with Crippen LogP contribution in [-0.4, -0.2) is 26.3 Å². The Labute approximate surface area is 144 Å². The summed E-state index contributed by atoms with van der Waals surface area (Å²) in [5.74, 6) is 0.316. The summed E-state index contributed by atoms with van der Waals surface area (Å²) in [6.07, 6.45) is 0.848. The second-order valence-electron chi connectivity index (χ2n) is 5.92. The predicted molar refractivity (Wildman–Crippen MR) is 93.6 cm³/mol. The number of hydrogen-bond acceptors (Lipinski definition) is 5. The lowest BCUT2D eigenvalue weighted by Crippen LogP contribution is -2.23. The first kappa shape index (κ1) is 16.3. The van der Waals surface area contributed by atoms with Crippen LogP contribution in [0, 0.1) is 5.92 Å². The fraction of sp³-hybridized carbons (Fsp3) is 0.294. The van der Waals surface area contributed by atoms with Gasteiger partial charge in [-0.2, -0.15) is 5.10 Å². The summed E-state index contributed by atoms with van der Waals surface area (Å²) < 4.78 is 0. The van der Waals surface area contributed by atoms with Crippen LogP contribution in [-0.2, 0) is 13.0 Å². The van der Waals surface area contributed by atoms with Crippen molar-refractivity contribution in [3.05, 3.63) is 52.8 Å². The molecule has 0 atom stereocenters. The van der Waals surface area contributed by atoms with Crippen molar-refractivity contribution in [2.75, 3.05) is 0 Å². The third-order valence-corrected chi connectivity index (χ3v) is 4.35. The molecule has 3 rings (SSSR count). The van der Waals surface area contributed by atoms with Gasteiger partial charge in [-0.15, -0.1) is 10.2 Å². The van der Waals surface area contributed by atoms with Crippen LogP contribution in [0.1, 0.15) is 35.0 Å². The quantitative estimate of drug-likeness (QED) is 0.722. The molecule has 0 unspecified atom stereocenters. The van der Waals surface area contributed by atoms with E-state index in [2.05, 4.69) is 39.6 Å². The average molecular weight is 341 g/mol. The Morgan fingerprint density at radius 1 is 1.25 bits per heavy atom. The van der Waals surface area contributed by atoms with Gasteiger partial charge in [0, 0.05) is 5.56 Å². The third-order valence-electron chi connectivity index (χ3n) is 3.38. The molecule has 0 aliphatic carbocycles. The van der Waals surface area contributed by atoms with Crippen molar-refractivity contribution < 1.29 is 4.79 Å².